The zero-order valence-corrected chi connectivity index (χ0v) is 17.2. The number of nitrogens with zero attached hydrogens (tertiary/aromatic N) is 5. The molecular formula is C21H17ClN6O2. The van der Waals surface area contributed by atoms with Gasteiger partial charge >= 0.3 is 0 Å². The summed E-state index contributed by atoms with van der Waals surface area (Å²) in [4.78, 5) is 17.2. The lowest BCUT2D eigenvalue weighted by atomic mass is 10.2. The molecule has 1 N–H and O–H groups in total. The Bertz CT molecular complexity index is 1450. The summed E-state index contributed by atoms with van der Waals surface area (Å²) < 4.78 is 9.01. The first kappa shape index (κ1) is 18.4. The molecule has 9 heteroatoms. The van der Waals surface area contributed by atoms with E-state index in [0.717, 1.165) is 28.1 Å². The van der Waals surface area contributed by atoms with Crippen molar-refractivity contribution < 1.29 is 9.21 Å². The van der Waals surface area contributed by atoms with Gasteiger partial charge in [-0.05, 0) is 38.1 Å². The molecule has 0 saturated heterocycles. The summed E-state index contributed by atoms with van der Waals surface area (Å²) in [6.07, 6.45) is 3.46. The number of amides is 1. The van der Waals surface area contributed by atoms with Crippen LogP contribution < -0.4 is 5.32 Å². The average Bonchev–Trinajstić information content (AvgIpc) is 3.39. The minimum atomic E-state index is -0.356. The van der Waals surface area contributed by atoms with Crippen molar-refractivity contribution in [1.82, 2.24) is 24.4 Å². The normalized spacial score (nSPS) is 11.5. The molecule has 0 unspecified atom stereocenters. The van der Waals surface area contributed by atoms with E-state index in [1.807, 2.05) is 39.1 Å². The zero-order valence-electron chi connectivity index (χ0n) is 16.5. The van der Waals surface area contributed by atoms with Gasteiger partial charge in [0, 0.05) is 41.6 Å². The summed E-state index contributed by atoms with van der Waals surface area (Å²) >= 11 is 6.29. The third kappa shape index (κ3) is 2.93. The van der Waals surface area contributed by atoms with Crippen LogP contribution in [0, 0.1) is 13.8 Å². The molecule has 1 amide bonds. The smallest absolute Gasteiger partial charge is 0.276 e. The molecule has 0 aliphatic heterocycles. The third-order valence-electron chi connectivity index (χ3n) is 5.05. The fraction of sp³-hybridized carbons (Fsp3) is 0.143. The van der Waals surface area contributed by atoms with E-state index in [1.165, 1.54) is 0 Å². The number of carbonyl (C=O) groups is 1. The number of aromatic nitrogens is 5. The SMILES string of the molecule is Cc1cc2cc(NC(=O)c3cc4nccc(-c5cnn(C)c5C)n4n3)cc(Cl)c2o1. The lowest BCUT2D eigenvalue weighted by Crippen LogP contribution is -2.12. The minimum absolute atomic E-state index is 0.246. The van der Waals surface area contributed by atoms with Gasteiger partial charge in [-0.1, -0.05) is 11.6 Å². The lowest BCUT2D eigenvalue weighted by molar-refractivity contribution is 0.102. The summed E-state index contributed by atoms with van der Waals surface area (Å²) in [5.74, 6) is 0.394. The maximum Gasteiger partial charge on any atom is 0.276 e. The molecule has 30 heavy (non-hydrogen) atoms. The molecule has 4 heterocycles. The fourth-order valence-electron chi connectivity index (χ4n) is 3.47. The van der Waals surface area contributed by atoms with E-state index in [4.69, 9.17) is 16.0 Å². The monoisotopic (exact) mass is 420 g/mol. The number of anilines is 1. The summed E-state index contributed by atoms with van der Waals surface area (Å²) in [7, 11) is 1.88. The van der Waals surface area contributed by atoms with Crippen molar-refractivity contribution >= 4 is 39.8 Å². The topological polar surface area (TPSA) is 90.2 Å². The first-order chi connectivity index (χ1) is 14.4. The minimum Gasteiger partial charge on any atom is -0.460 e. The molecule has 8 nitrogen and oxygen atoms in total. The van der Waals surface area contributed by atoms with Gasteiger partial charge in [0.1, 0.15) is 5.76 Å². The lowest BCUT2D eigenvalue weighted by Gasteiger charge is -2.05. The van der Waals surface area contributed by atoms with Crippen LogP contribution in [0.4, 0.5) is 5.69 Å². The molecule has 0 atom stereocenters. The third-order valence-corrected chi connectivity index (χ3v) is 5.33. The molecule has 5 aromatic rings. The Morgan fingerprint density at radius 2 is 2.03 bits per heavy atom. The largest absolute Gasteiger partial charge is 0.460 e. The Hall–Kier alpha value is -3.65. The summed E-state index contributed by atoms with van der Waals surface area (Å²) in [5, 5.41) is 12.9. The number of fused-ring (bicyclic) bond motifs is 2. The van der Waals surface area contributed by atoms with E-state index < -0.39 is 0 Å². The quantitative estimate of drug-likeness (QED) is 0.467. The Morgan fingerprint density at radius 1 is 1.20 bits per heavy atom. The van der Waals surface area contributed by atoms with Crippen LogP contribution in [0.2, 0.25) is 5.02 Å². The van der Waals surface area contributed by atoms with Gasteiger partial charge in [0.2, 0.25) is 0 Å². The standard InChI is InChI=1S/C21H17ClN6O2/c1-11-6-13-7-14(8-16(22)20(13)30-11)25-21(29)17-9-19-23-5-4-18(28(19)26-17)15-10-24-27(3)12(15)2/h4-10H,1-3H3,(H,25,29). The summed E-state index contributed by atoms with van der Waals surface area (Å²) in [5.41, 5.74) is 4.70. The van der Waals surface area contributed by atoms with Crippen LogP contribution in [0.25, 0.3) is 27.9 Å². The van der Waals surface area contributed by atoms with Crippen LogP contribution in [0.15, 0.2) is 47.1 Å². The average molecular weight is 421 g/mol. The highest BCUT2D eigenvalue weighted by atomic mass is 35.5. The Morgan fingerprint density at radius 3 is 2.80 bits per heavy atom. The predicted octanol–water partition coefficient (Wildman–Crippen LogP) is 4.40. The van der Waals surface area contributed by atoms with Crippen molar-refractivity contribution in [3.05, 3.63) is 64.9 Å². The van der Waals surface area contributed by atoms with Gasteiger partial charge in [0.05, 0.1) is 16.9 Å². The van der Waals surface area contributed by atoms with Crippen LogP contribution in [-0.2, 0) is 7.05 Å². The van der Waals surface area contributed by atoms with Gasteiger partial charge in [0.15, 0.2) is 16.9 Å². The van der Waals surface area contributed by atoms with E-state index in [-0.39, 0.29) is 11.6 Å². The number of rotatable bonds is 3. The molecule has 4 aromatic heterocycles. The Labute approximate surface area is 176 Å². The van der Waals surface area contributed by atoms with Gasteiger partial charge in [-0.15, -0.1) is 0 Å². The van der Waals surface area contributed by atoms with Crippen LogP contribution in [0.3, 0.4) is 0 Å². The number of furan rings is 1. The number of hydrogen-bond acceptors (Lipinski definition) is 5. The molecule has 0 fully saturated rings. The molecule has 0 spiro atoms. The second-order valence-corrected chi connectivity index (χ2v) is 7.49. The van der Waals surface area contributed by atoms with E-state index in [2.05, 4.69) is 20.5 Å². The van der Waals surface area contributed by atoms with Gasteiger partial charge in [-0.3, -0.25) is 9.48 Å². The van der Waals surface area contributed by atoms with E-state index >= 15 is 0 Å². The zero-order chi connectivity index (χ0) is 21.0. The molecular weight excluding hydrogens is 404 g/mol. The van der Waals surface area contributed by atoms with Crippen LogP contribution in [0.5, 0.6) is 0 Å². The van der Waals surface area contributed by atoms with Gasteiger partial charge in [-0.25, -0.2) is 9.50 Å². The number of aryl methyl sites for hydroxylation is 2. The number of halogens is 1. The number of carbonyl (C=O) groups excluding carboxylic acids is 1. The van der Waals surface area contributed by atoms with Crippen molar-refractivity contribution in [3.8, 4) is 11.3 Å². The highest BCUT2D eigenvalue weighted by Crippen LogP contribution is 2.30. The molecule has 0 saturated carbocycles. The van der Waals surface area contributed by atoms with E-state index in [9.17, 15) is 4.79 Å². The van der Waals surface area contributed by atoms with Gasteiger partial charge in [-0.2, -0.15) is 10.2 Å². The van der Waals surface area contributed by atoms with Crippen LogP contribution >= 0.6 is 11.6 Å². The Kier molecular flexibility index (Phi) is 4.11. The van der Waals surface area contributed by atoms with Crippen molar-refractivity contribution in [2.45, 2.75) is 13.8 Å². The summed E-state index contributed by atoms with van der Waals surface area (Å²) in [6, 6.07) is 8.83. The first-order valence-corrected chi connectivity index (χ1v) is 9.63. The van der Waals surface area contributed by atoms with E-state index in [0.29, 0.717) is 21.9 Å². The van der Waals surface area contributed by atoms with Gasteiger partial charge < -0.3 is 9.73 Å². The fourth-order valence-corrected chi connectivity index (χ4v) is 3.73. The molecule has 5 rings (SSSR count). The molecule has 0 radical (unpaired) electrons. The molecule has 150 valence electrons. The second kappa shape index (κ2) is 6.70. The number of nitrogens with one attached hydrogen (secondary N) is 1. The molecule has 0 aliphatic rings. The van der Waals surface area contributed by atoms with E-state index in [1.54, 1.807) is 33.7 Å². The summed E-state index contributed by atoms with van der Waals surface area (Å²) in [6.45, 7) is 3.82. The maximum atomic E-state index is 12.9. The number of benzene rings is 1. The van der Waals surface area contributed by atoms with Gasteiger partial charge in [0.25, 0.3) is 5.91 Å². The molecule has 0 aliphatic carbocycles. The number of hydrogen-bond donors (Lipinski definition) is 1. The second-order valence-electron chi connectivity index (χ2n) is 7.08. The highest BCUT2D eigenvalue weighted by Gasteiger charge is 2.17. The van der Waals surface area contributed by atoms with Crippen molar-refractivity contribution in [2.24, 2.45) is 7.05 Å². The highest BCUT2D eigenvalue weighted by molar-refractivity contribution is 6.35. The van der Waals surface area contributed by atoms with Crippen molar-refractivity contribution in [1.29, 1.82) is 0 Å². The first-order valence-electron chi connectivity index (χ1n) is 9.25. The van der Waals surface area contributed by atoms with Crippen LogP contribution in [0.1, 0.15) is 21.9 Å². The van der Waals surface area contributed by atoms with Crippen molar-refractivity contribution in [2.75, 3.05) is 5.32 Å². The van der Waals surface area contributed by atoms with Crippen LogP contribution in [-0.4, -0.2) is 30.3 Å². The molecule has 0 bridgehead atoms. The predicted molar refractivity (Wildman–Crippen MR) is 114 cm³/mol. The molecule has 1 aromatic carbocycles. The Balaban J connectivity index is 1.51. The van der Waals surface area contributed by atoms with Crippen molar-refractivity contribution in [3.63, 3.8) is 0 Å². The maximum absolute atomic E-state index is 12.9.